The number of carbonyl (C=O) groups excluding carboxylic acids is 1. The maximum absolute atomic E-state index is 11.5. The molecule has 1 unspecified atom stereocenters. The van der Waals surface area contributed by atoms with E-state index >= 15 is 0 Å². The normalized spacial score (nSPS) is 12.3. The number of rotatable bonds is 21. The van der Waals surface area contributed by atoms with Gasteiger partial charge in [-0.2, -0.15) is 0 Å². The van der Waals surface area contributed by atoms with E-state index in [-0.39, 0.29) is 11.9 Å². The standard InChI is InChI=1S/C25H50O2/c1-4-6-7-8-9-10-11-12-13-14-15-16-17-18-19-20-21-22-23-27-25(26)24(3)5-2/h24H,4-23H2,1-3H3. The smallest absolute Gasteiger partial charge is 0.308 e. The van der Waals surface area contributed by atoms with Crippen LogP contribution in [0.2, 0.25) is 0 Å². The van der Waals surface area contributed by atoms with E-state index in [4.69, 9.17) is 4.74 Å². The lowest BCUT2D eigenvalue weighted by Gasteiger charge is -2.09. The molecule has 0 aliphatic rings. The predicted octanol–water partition coefficient (Wildman–Crippen LogP) is 8.62. The molecular formula is C25H50O2. The summed E-state index contributed by atoms with van der Waals surface area (Å²) in [7, 11) is 0. The minimum Gasteiger partial charge on any atom is -0.465 e. The topological polar surface area (TPSA) is 26.3 Å². The fourth-order valence-corrected chi connectivity index (χ4v) is 3.49. The highest BCUT2D eigenvalue weighted by Gasteiger charge is 2.10. The molecule has 162 valence electrons. The van der Waals surface area contributed by atoms with Crippen molar-refractivity contribution in [3.63, 3.8) is 0 Å². The van der Waals surface area contributed by atoms with Crippen LogP contribution in [0.5, 0.6) is 0 Å². The molecule has 0 saturated carbocycles. The van der Waals surface area contributed by atoms with Crippen LogP contribution >= 0.6 is 0 Å². The molecule has 0 aromatic heterocycles. The van der Waals surface area contributed by atoms with E-state index in [0.29, 0.717) is 6.61 Å². The lowest BCUT2D eigenvalue weighted by molar-refractivity contribution is -0.148. The minimum absolute atomic E-state index is 0.0236. The Bertz CT molecular complexity index is 301. The summed E-state index contributed by atoms with van der Waals surface area (Å²) >= 11 is 0. The molecule has 0 radical (unpaired) electrons. The molecule has 0 aromatic carbocycles. The van der Waals surface area contributed by atoms with Gasteiger partial charge >= 0.3 is 5.97 Å². The second kappa shape index (κ2) is 21.8. The van der Waals surface area contributed by atoms with Crippen LogP contribution in [0.4, 0.5) is 0 Å². The van der Waals surface area contributed by atoms with Crippen molar-refractivity contribution in [2.24, 2.45) is 5.92 Å². The van der Waals surface area contributed by atoms with Gasteiger partial charge in [-0.1, -0.05) is 130 Å². The van der Waals surface area contributed by atoms with Crippen LogP contribution < -0.4 is 0 Å². The van der Waals surface area contributed by atoms with Crippen LogP contribution in [0.25, 0.3) is 0 Å². The van der Waals surface area contributed by atoms with E-state index in [1.807, 2.05) is 13.8 Å². The summed E-state index contributed by atoms with van der Waals surface area (Å²) < 4.78 is 5.28. The zero-order valence-electron chi connectivity index (χ0n) is 19.0. The third-order valence-corrected chi connectivity index (χ3v) is 5.76. The van der Waals surface area contributed by atoms with E-state index in [1.54, 1.807) is 0 Å². The van der Waals surface area contributed by atoms with Crippen molar-refractivity contribution < 1.29 is 9.53 Å². The van der Waals surface area contributed by atoms with E-state index in [0.717, 1.165) is 12.8 Å². The van der Waals surface area contributed by atoms with Crippen molar-refractivity contribution in [2.75, 3.05) is 6.61 Å². The van der Waals surface area contributed by atoms with Crippen molar-refractivity contribution in [1.29, 1.82) is 0 Å². The second-order valence-corrected chi connectivity index (χ2v) is 8.49. The summed E-state index contributed by atoms with van der Waals surface area (Å²) in [6.07, 6.45) is 25.8. The van der Waals surface area contributed by atoms with Gasteiger partial charge in [0, 0.05) is 0 Å². The summed E-state index contributed by atoms with van der Waals surface area (Å²) in [4.78, 5) is 11.5. The first-order chi connectivity index (χ1) is 13.2. The van der Waals surface area contributed by atoms with Gasteiger partial charge in [0.1, 0.15) is 0 Å². The number of unbranched alkanes of at least 4 members (excludes halogenated alkanes) is 17. The van der Waals surface area contributed by atoms with Gasteiger partial charge in [0.25, 0.3) is 0 Å². The number of hydrogen-bond donors (Lipinski definition) is 0. The van der Waals surface area contributed by atoms with Crippen molar-refractivity contribution >= 4 is 5.97 Å². The van der Waals surface area contributed by atoms with Gasteiger partial charge in [0.15, 0.2) is 0 Å². The van der Waals surface area contributed by atoms with Crippen LogP contribution in [-0.2, 0) is 9.53 Å². The SMILES string of the molecule is CCCCCCCCCCCCCCCCCCCCOC(=O)C(C)CC. The molecule has 0 fully saturated rings. The van der Waals surface area contributed by atoms with Gasteiger partial charge in [-0.05, 0) is 12.8 Å². The van der Waals surface area contributed by atoms with Crippen molar-refractivity contribution in [2.45, 2.75) is 143 Å². The quantitative estimate of drug-likeness (QED) is 0.147. The first-order valence-electron chi connectivity index (χ1n) is 12.4. The molecule has 0 heterocycles. The number of esters is 1. The zero-order chi connectivity index (χ0) is 20.0. The Kier molecular flexibility index (Phi) is 21.3. The van der Waals surface area contributed by atoms with E-state index in [2.05, 4.69) is 6.92 Å². The Labute approximate surface area is 171 Å². The number of carbonyl (C=O) groups is 1. The maximum atomic E-state index is 11.5. The second-order valence-electron chi connectivity index (χ2n) is 8.49. The molecule has 0 aliphatic carbocycles. The zero-order valence-corrected chi connectivity index (χ0v) is 19.0. The monoisotopic (exact) mass is 382 g/mol. The molecule has 0 bridgehead atoms. The van der Waals surface area contributed by atoms with Crippen molar-refractivity contribution in [1.82, 2.24) is 0 Å². The number of ether oxygens (including phenoxy) is 1. The molecule has 0 spiro atoms. The van der Waals surface area contributed by atoms with Gasteiger partial charge in [0.05, 0.1) is 12.5 Å². The Morgan fingerprint density at radius 3 is 1.26 bits per heavy atom. The van der Waals surface area contributed by atoms with Crippen LogP contribution in [0.15, 0.2) is 0 Å². The molecule has 2 nitrogen and oxygen atoms in total. The summed E-state index contributed by atoms with van der Waals surface area (Å²) in [6.45, 7) is 6.87. The fraction of sp³-hybridized carbons (Fsp3) is 0.960. The van der Waals surface area contributed by atoms with E-state index < -0.39 is 0 Å². The van der Waals surface area contributed by atoms with Crippen molar-refractivity contribution in [3.8, 4) is 0 Å². The third-order valence-electron chi connectivity index (χ3n) is 5.76. The lowest BCUT2D eigenvalue weighted by Crippen LogP contribution is -2.14. The van der Waals surface area contributed by atoms with Crippen LogP contribution in [0.3, 0.4) is 0 Å². The molecule has 27 heavy (non-hydrogen) atoms. The maximum Gasteiger partial charge on any atom is 0.308 e. The molecule has 0 amide bonds. The lowest BCUT2D eigenvalue weighted by atomic mass is 10.0. The van der Waals surface area contributed by atoms with E-state index in [9.17, 15) is 4.79 Å². The molecule has 0 rings (SSSR count). The summed E-state index contributed by atoms with van der Waals surface area (Å²) in [5, 5.41) is 0. The van der Waals surface area contributed by atoms with Gasteiger partial charge in [0.2, 0.25) is 0 Å². The largest absolute Gasteiger partial charge is 0.465 e. The fourth-order valence-electron chi connectivity index (χ4n) is 3.49. The first kappa shape index (κ1) is 26.5. The average Bonchev–Trinajstić information content (AvgIpc) is 2.68. The molecule has 0 N–H and O–H groups in total. The van der Waals surface area contributed by atoms with Gasteiger partial charge in [-0.15, -0.1) is 0 Å². The molecule has 0 aliphatic heterocycles. The molecule has 0 aromatic rings. The number of hydrogen-bond acceptors (Lipinski definition) is 2. The Balaban J connectivity index is 3.08. The Morgan fingerprint density at radius 1 is 0.593 bits per heavy atom. The highest BCUT2D eigenvalue weighted by Crippen LogP contribution is 2.14. The Morgan fingerprint density at radius 2 is 0.926 bits per heavy atom. The van der Waals surface area contributed by atoms with E-state index in [1.165, 1.54) is 109 Å². The summed E-state index contributed by atoms with van der Waals surface area (Å²) in [5.74, 6) is 0.0324. The molecule has 1 atom stereocenters. The van der Waals surface area contributed by atoms with Gasteiger partial charge in [-0.25, -0.2) is 0 Å². The minimum atomic E-state index is -0.0236. The Hall–Kier alpha value is -0.530. The molecule has 0 saturated heterocycles. The van der Waals surface area contributed by atoms with Crippen LogP contribution in [0, 0.1) is 5.92 Å². The highest BCUT2D eigenvalue weighted by molar-refractivity contribution is 5.71. The highest BCUT2D eigenvalue weighted by atomic mass is 16.5. The first-order valence-corrected chi connectivity index (χ1v) is 12.4. The summed E-state index contributed by atoms with van der Waals surface area (Å²) in [5.41, 5.74) is 0. The summed E-state index contributed by atoms with van der Waals surface area (Å²) in [6, 6.07) is 0. The van der Waals surface area contributed by atoms with Crippen LogP contribution in [0.1, 0.15) is 143 Å². The van der Waals surface area contributed by atoms with Gasteiger partial charge < -0.3 is 4.74 Å². The van der Waals surface area contributed by atoms with Gasteiger partial charge in [-0.3, -0.25) is 4.79 Å². The molecular weight excluding hydrogens is 332 g/mol. The average molecular weight is 383 g/mol. The van der Waals surface area contributed by atoms with Crippen molar-refractivity contribution in [3.05, 3.63) is 0 Å². The predicted molar refractivity (Wildman–Crippen MR) is 119 cm³/mol. The molecule has 2 heteroatoms. The van der Waals surface area contributed by atoms with Crippen LogP contribution in [-0.4, -0.2) is 12.6 Å². The third kappa shape index (κ3) is 20.0.